The molecule has 9 heteroatoms. The Morgan fingerprint density at radius 2 is 2.00 bits per heavy atom. The second-order valence-electron chi connectivity index (χ2n) is 5.67. The zero-order chi connectivity index (χ0) is 18.6. The van der Waals surface area contributed by atoms with Crippen LogP contribution in [-0.2, 0) is 4.79 Å². The average molecular weight is 383 g/mol. The highest BCUT2D eigenvalue weighted by Gasteiger charge is 2.19. The summed E-state index contributed by atoms with van der Waals surface area (Å²) in [6.07, 6.45) is 0. The maximum atomic E-state index is 12.7. The third-order valence-corrected chi connectivity index (χ3v) is 4.96. The third-order valence-electron chi connectivity index (χ3n) is 4.05. The Bertz CT molecular complexity index is 947. The molecule has 1 aliphatic rings. The molecule has 0 radical (unpaired) electrons. The third kappa shape index (κ3) is 3.59. The van der Waals surface area contributed by atoms with E-state index in [9.17, 15) is 4.79 Å². The van der Waals surface area contributed by atoms with Crippen molar-refractivity contribution in [2.45, 2.75) is 12.1 Å². The second-order valence-corrected chi connectivity index (χ2v) is 6.62. The van der Waals surface area contributed by atoms with Crippen LogP contribution in [0.15, 0.2) is 53.7 Å². The summed E-state index contributed by atoms with van der Waals surface area (Å²) in [4.78, 5) is 14.4. The van der Waals surface area contributed by atoms with E-state index < -0.39 is 0 Å². The summed E-state index contributed by atoms with van der Waals surface area (Å²) in [5, 5.41) is 12.3. The molecule has 8 nitrogen and oxygen atoms in total. The fraction of sp³-hybridized carbons (Fsp3) is 0.222. The Hall–Kier alpha value is -3.07. The van der Waals surface area contributed by atoms with Crippen LogP contribution in [-0.4, -0.2) is 45.2 Å². The molecule has 27 heavy (non-hydrogen) atoms. The van der Waals surface area contributed by atoms with Gasteiger partial charge >= 0.3 is 0 Å². The highest BCUT2D eigenvalue weighted by Crippen LogP contribution is 2.34. The van der Waals surface area contributed by atoms with Crippen molar-refractivity contribution < 1.29 is 14.3 Å². The van der Waals surface area contributed by atoms with Crippen LogP contribution in [0.3, 0.4) is 0 Å². The molecule has 1 aromatic heterocycles. The smallest absolute Gasteiger partial charge is 0.237 e. The standard InChI is InChI=1S/C18H17N5O3S/c1-2-22(13-6-4-3-5-7-13)17(24)11-27-18-19-20-21-23(18)14-8-9-15-16(10-14)26-12-25-15/h3-10H,2,11-12H2,1H3. The highest BCUT2D eigenvalue weighted by molar-refractivity contribution is 7.99. The lowest BCUT2D eigenvalue weighted by Crippen LogP contribution is -2.32. The first-order chi connectivity index (χ1) is 13.3. The second kappa shape index (κ2) is 7.67. The first-order valence-corrected chi connectivity index (χ1v) is 9.41. The Balaban J connectivity index is 1.48. The van der Waals surface area contributed by atoms with Gasteiger partial charge in [-0.05, 0) is 41.6 Å². The van der Waals surface area contributed by atoms with Gasteiger partial charge in [-0.1, -0.05) is 30.0 Å². The van der Waals surface area contributed by atoms with Crippen molar-refractivity contribution in [1.82, 2.24) is 20.2 Å². The summed E-state index contributed by atoms with van der Waals surface area (Å²) in [5.74, 6) is 1.57. The van der Waals surface area contributed by atoms with Crippen LogP contribution < -0.4 is 14.4 Å². The molecular formula is C18H17N5O3S. The number of tetrazole rings is 1. The van der Waals surface area contributed by atoms with Gasteiger partial charge in [0.15, 0.2) is 11.5 Å². The van der Waals surface area contributed by atoms with Gasteiger partial charge in [0.2, 0.25) is 17.9 Å². The minimum absolute atomic E-state index is 0.00561. The van der Waals surface area contributed by atoms with E-state index in [1.54, 1.807) is 9.58 Å². The Kier molecular flexibility index (Phi) is 4.93. The number of para-hydroxylation sites is 1. The monoisotopic (exact) mass is 383 g/mol. The SMILES string of the molecule is CCN(C(=O)CSc1nnnn1-c1ccc2c(c1)OCO2)c1ccccc1. The molecule has 1 aliphatic heterocycles. The molecule has 0 fully saturated rings. The van der Waals surface area contributed by atoms with Crippen LogP contribution in [0.1, 0.15) is 6.92 Å². The zero-order valence-corrected chi connectivity index (χ0v) is 15.4. The van der Waals surface area contributed by atoms with Gasteiger partial charge in [0.25, 0.3) is 0 Å². The number of rotatable bonds is 6. The number of carbonyl (C=O) groups excluding carboxylic acids is 1. The largest absolute Gasteiger partial charge is 0.454 e. The molecule has 0 saturated carbocycles. The summed E-state index contributed by atoms with van der Waals surface area (Å²) in [6, 6.07) is 15.1. The molecule has 4 rings (SSSR count). The van der Waals surface area contributed by atoms with Crippen LogP contribution in [0.5, 0.6) is 11.5 Å². The number of hydrogen-bond donors (Lipinski definition) is 0. The van der Waals surface area contributed by atoms with Gasteiger partial charge < -0.3 is 14.4 Å². The lowest BCUT2D eigenvalue weighted by molar-refractivity contribution is -0.116. The summed E-state index contributed by atoms with van der Waals surface area (Å²) < 4.78 is 12.3. The summed E-state index contributed by atoms with van der Waals surface area (Å²) in [5.41, 5.74) is 1.62. The number of benzene rings is 2. The molecule has 0 aliphatic carbocycles. The van der Waals surface area contributed by atoms with Gasteiger partial charge in [0.1, 0.15) is 0 Å². The average Bonchev–Trinajstić information content (AvgIpc) is 3.36. The maximum Gasteiger partial charge on any atom is 0.237 e. The van der Waals surface area contributed by atoms with Crippen molar-refractivity contribution in [3.63, 3.8) is 0 Å². The Morgan fingerprint density at radius 1 is 1.19 bits per heavy atom. The normalized spacial score (nSPS) is 12.2. The predicted octanol–water partition coefficient (Wildman–Crippen LogP) is 2.54. The van der Waals surface area contributed by atoms with Crippen LogP contribution in [0, 0.1) is 0 Å². The molecule has 138 valence electrons. The van der Waals surface area contributed by atoms with Crippen molar-refractivity contribution in [2.24, 2.45) is 0 Å². The number of hydrogen-bond acceptors (Lipinski definition) is 7. The molecule has 0 bridgehead atoms. The van der Waals surface area contributed by atoms with Gasteiger partial charge in [-0.2, -0.15) is 4.68 Å². The predicted molar refractivity (Wildman–Crippen MR) is 100 cm³/mol. The van der Waals surface area contributed by atoms with E-state index in [0.717, 1.165) is 11.4 Å². The topological polar surface area (TPSA) is 82.4 Å². The van der Waals surface area contributed by atoms with E-state index in [-0.39, 0.29) is 18.5 Å². The number of anilines is 1. The number of ether oxygens (including phenoxy) is 2. The number of amides is 1. The van der Waals surface area contributed by atoms with Crippen molar-refractivity contribution >= 4 is 23.4 Å². The van der Waals surface area contributed by atoms with Crippen LogP contribution in [0.2, 0.25) is 0 Å². The molecule has 2 heterocycles. The zero-order valence-electron chi connectivity index (χ0n) is 14.6. The van der Waals surface area contributed by atoms with Gasteiger partial charge in [-0.3, -0.25) is 4.79 Å². The quantitative estimate of drug-likeness (QED) is 0.605. The first-order valence-electron chi connectivity index (χ1n) is 8.43. The molecule has 2 aromatic carbocycles. The van der Waals surface area contributed by atoms with Crippen molar-refractivity contribution in [3.8, 4) is 17.2 Å². The van der Waals surface area contributed by atoms with E-state index in [4.69, 9.17) is 9.47 Å². The van der Waals surface area contributed by atoms with Gasteiger partial charge in [-0.15, -0.1) is 5.10 Å². The summed E-state index contributed by atoms with van der Waals surface area (Å²) in [6.45, 7) is 2.75. The number of nitrogens with zero attached hydrogens (tertiary/aromatic N) is 5. The molecule has 3 aromatic rings. The van der Waals surface area contributed by atoms with E-state index >= 15 is 0 Å². The molecule has 0 unspecified atom stereocenters. The number of carbonyl (C=O) groups is 1. The van der Waals surface area contributed by atoms with Crippen molar-refractivity contribution in [1.29, 1.82) is 0 Å². The number of fused-ring (bicyclic) bond motifs is 1. The van der Waals surface area contributed by atoms with E-state index in [2.05, 4.69) is 15.5 Å². The van der Waals surface area contributed by atoms with E-state index in [1.165, 1.54) is 11.8 Å². The fourth-order valence-electron chi connectivity index (χ4n) is 2.76. The minimum atomic E-state index is -0.00561. The summed E-state index contributed by atoms with van der Waals surface area (Å²) >= 11 is 1.29. The van der Waals surface area contributed by atoms with Crippen molar-refractivity contribution in [2.75, 3.05) is 24.0 Å². The molecule has 0 spiro atoms. The van der Waals surface area contributed by atoms with Gasteiger partial charge in [0, 0.05) is 18.3 Å². The lowest BCUT2D eigenvalue weighted by Gasteiger charge is -2.20. The minimum Gasteiger partial charge on any atom is -0.454 e. The van der Waals surface area contributed by atoms with Gasteiger partial charge in [-0.25, -0.2) is 0 Å². The molecule has 0 saturated heterocycles. The Morgan fingerprint density at radius 3 is 2.81 bits per heavy atom. The maximum absolute atomic E-state index is 12.7. The highest BCUT2D eigenvalue weighted by atomic mass is 32.2. The van der Waals surface area contributed by atoms with E-state index in [1.807, 2.05) is 55.5 Å². The Labute approximate surface area is 160 Å². The fourth-order valence-corrected chi connectivity index (χ4v) is 3.53. The van der Waals surface area contributed by atoms with Gasteiger partial charge in [0.05, 0.1) is 11.4 Å². The van der Waals surface area contributed by atoms with Crippen LogP contribution >= 0.6 is 11.8 Å². The molecule has 1 amide bonds. The van der Waals surface area contributed by atoms with Crippen molar-refractivity contribution in [3.05, 3.63) is 48.5 Å². The number of thioether (sulfide) groups is 1. The first kappa shape index (κ1) is 17.3. The van der Waals surface area contributed by atoms with E-state index in [0.29, 0.717) is 23.2 Å². The molecule has 0 atom stereocenters. The molecular weight excluding hydrogens is 366 g/mol. The molecule has 0 N–H and O–H groups in total. The lowest BCUT2D eigenvalue weighted by atomic mass is 10.3. The van der Waals surface area contributed by atoms with Crippen LogP contribution in [0.4, 0.5) is 5.69 Å². The number of aromatic nitrogens is 4. The summed E-state index contributed by atoms with van der Waals surface area (Å²) in [7, 11) is 0. The van der Waals surface area contributed by atoms with Crippen LogP contribution in [0.25, 0.3) is 5.69 Å².